The van der Waals surface area contributed by atoms with Gasteiger partial charge in [0.1, 0.15) is 13.4 Å². The third-order valence-corrected chi connectivity index (χ3v) is 4.72. The molecule has 0 radical (unpaired) electrons. The van der Waals surface area contributed by atoms with Gasteiger partial charge < -0.3 is 24.2 Å². The SMILES string of the molecule is C=CCOC(=O)N1CCC(C(=O)O)(C(C)(C)C)C[C@@H]1COCOC. The minimum atomic E-state index is -0.927. The van der Waals surface area contributed by atoms with Crippen LogP contribution in [-0.4, -0.2) is 61.8 Å². The quantitative estimate of drug-likeness (QED) is 0.434. The molecule has 1 rings (SSSR count). The van der Waals surface area contributed by atoms with Crippen molar-refractivity contribution in [2.75, 3.05) is 33.7 Å². The zero-order valence-electron chi connectivity index (χ0n) is 15.0. The van der Waals surface area contributed by atoms with Gasteiger partial charge in [-0.3, -0.25) is 4.79 Å². The predicted octanol–water partition coefficient (Wildman–Crippen LogP) is 2.51. The van der Waals surface area contributed by atoms with Crippen LogP contribution in [-0.2, 0) is 19.0 Å². The van der Waals surface area contributed by atoms with E-state index >= 15 is 0 Å². The van der Waals surface area contributed by atoms with Gasteiger partial charge in [0, 0.05) is 13.7 Å². The fraction of sp³-hybridized carbons (Fsp3) is 0.765. The number of hydrogen-bond donors (Lipinski definition) is 1. The first-order valence-corrected chi connectivity index (χ1v) is 8.04. The van der Waals surface area contributed by atoms with Crippen LogP contribution in [0.25, 0.3) is 0 Å². The third-order valence-electron chi connectivity index (χ3n) is 4.72. The molecule has 0 aromatic heterocycles. The summed E-state index contributed by atoms with van der Waals surface area (Å²) < 4.78 is 15.4. The van der Waals surface area contributed by atoms with Gasteiger partial charge in [-0.2, -0.15) is 0 Å². The molecule has 0 aliphatic carbocycles. The molecule has 1 unspecified atom stereocenters. The summed E-state index contributed by atoms with van der Waals surface area (Å²) in [6.07, 6.45) is 1.69. The van der Waals surface area contributed by atoms with Crippen molar-refractivity contribution in [2.45, 2.75) is 39.7 Å². The van der Waals surface area contributed by atoms with Crippen molar-refractivity contribution in [1.29, 1.82) is 0 Å². The van der Waals surface area contributed by atoms with E-state index in [1.165, 1.54) is 13.2 Å². The molecule has 1 N–H and O–H groups in total. The Kier molecular flexibility index (Phi) is 7.23. The number of carbonyl (C=O) groups is 2. The molecule has 1 aliphatic rings. The summed E-state index contributed by atoms with van der Waals surface area (Å²) in [4.78, 5) is 25.8. The van der Waals surface area contributed by atoms with Crippen LogP contribution in [0.5, 0.6) is 0 Å². The maximum atomic E-state index is 12.3. The standard InChI is InChI=1S/C17H29NO6/c1-6-9-24-15(21)18-8-7-17(14(19)20,16(2,3)4)10-13(18)11-23-12-22-5/h6,13H,1,7-12H2,2-5H3,(H,19,20)/t13-,17?/m1/s1. The largest absolute Gasteiger partial charge is 0.481 e. The molecular formula is C17H29NO6. The summed E-state index contributed by atoms with van der Waals surface area (Å²) in [6.45, 7) is 9.97. The maximum absolute atomic E-state index is 12.3. The van der Waals surface area contributed by atoms with Crippen LogP contribution in [0.1, 0.15) is 33.6 Å². The molecular weight excluding hydrogens is 314 g/mol. The molecule has 0 aromatic rings. The summed E-state index contributed by atoms with van der Waals surface area (Å²) in [6, 6.07) is -0.387. The zero-order valence-corrected chi connectivity index (χ0v) is 15.0. The Hall–Kier alpha value is -1.60. The zero-order chi connectivity index (χ0) is 18.4. The topological polar surface area (TPSA) is 85.3 Å². The van der Waals surface area contributed by atoms with Crippen molar-refractivity contribution in [3.63, 3.8) is 0 Å². The summed E-state index contributed by atoms with van der Waals surface area (Å²) >= 11 is 0. The number of rotatable bonds is 7. The Bertz CT molecular complexity index is 458. The minimum Gasteiger partial charge on any atom is -0.481 e. The average molecular weight is 343 g/mol. The summed E-state index contributed by atoms with van der Waals surface area (Å²) in [7, 11) is 1.51. The van der Waals surface area contributed by atoms with Gasteiger partial charge in [-0.15, -0.1) is 0 Å². The van der Waals surface area contributed by atoms with Crippen molar-refractivity contribution in [2.24, 2.45) is 10.8 Å². The lowest BCUT2D eigenvalue weighted by Gasteiger charge is -2.49. The fourth-order valence-electron chi connectivity index (χ4n) is 3.17. The lowest BCUT2D eigenvalue weighted by atomic mass is 9.60. The maximum Gasteiger partial charge on any atom is 0.410 e. The van der Waals surface area contributed by atoms with Crippen molar-refractivity contribution in [3.8, 4) is 0 Å². The highest BCUT2D eigenvalue weighted by molar-refractivity contribution is 5.77. The van der Waals surface area contributed by atoms with E-state index in [2.05, 4.69) is 6.58 Å². The number of likely N-dealkylation sites (tertiary alicyclic amines) is 1. The van der Waals surface area contributed by atoms with Gasteiger partial charge in [0.05, 0.1) is 18.1 Å². The second kappa shape index (κ2) is 8.48. The van der Waals surface area contributed by atoms with Gasteiger partial charge in [0.2, 0.25) is 0 Å². The van der Waals surface area contributed by atoms with E-state index < -0.39 is 22.9 Å². The molecule has 2 atom stereocenters. The number of hydrogen-bond acceptors (Lipinski definition) is 5. The van der Waals surface area contributed by atoms with E-state index in [9.17, 15) is 14.7 Å². The summed E-state index contributed by atoms with van der Waals surface area (Å²) in [5, 5.41) is 9.87. The number of carbonyl (C=O) groups excluding carboxylic acids is 1. The van der Waals surface area contributed by atoms with E-state index in [1.54, 1.807) is 4.90 Å². The molecule has 1 saturated heterocycles. The lowest BCUT2D eigenvalue weighted by Crippen LogP contribution is -2.58. The van der Waals surface area contributed by atoms with Crippen molar-refractivity contribution < 1.29 is 28.9 Å². The second-order valence-electron chi connectivity index (χ2n) is 7.08. The molecule has 1 heterocycles. The Balaban J connectivity index is 3.00. The van der Waals surface area contributed by atoms with Crippen LogP contribution in [0.15, 0.2) is 12.7 Å². The Morgan fingerprint density at radius 2 is 2.08 bits per heavy atom. The average Bonchev–Trinajstić information content (AvgIpc) is 2.51. The van der Waals surface area contributed by atoms with Gasteiger partial charge in [0.15, 0.2) is 0 Å². The van der Waals surface area contributed by atoms with E-state index in [0.29, 0.717) is 19.4 Å². The van der Waals surface area contributed by atoms with Gasteiger partial charge in [-0.1, -0.05) is 33.4 Å². The Morgan fingerprint density at radius 1 is 1.42 bits per heavy atom. The highest BCUT2D eigenvalue weighted by atomic mass is 16.7. The first-order valence-electron chi connectivity index (χ1n) is 8.04. The van der Waals surface area contributed by atoms with Crippen LogP contribution in [0.2, 0.25) is 0 Å². The molecule has 1 amide bonds. The summed E-state index contributed by atoms with van der Waals surface area (Å²) in [5.41, 5.74) is -1.38. The molecule has 0 saturated carbocycles. The number of nitrogens with zero attached hydrogens (tertiary/aromatic N) is 1. The first-order chi connectivity index (χ1) is 11.2. The van der Waals surface area contributed by atoms with Crippen LogP contribution in [0.4, 0.5) is 4.79 Å². The Labute approximate surface area is 143 Å². The Morgan fingerprint density at radius 3 is 2.58 bits per heavy atom. The van der Waals surface area contributed by atoms with Gasteiger partial charge in [-0.05, 0) is 18.3 Å². The van der Waals surface area contributed by atoms with Crippen LogP contribution >= 0.6 is 0 Å². The molecule has 1 aliphatic heterocycles. The fourth-order valence-corrected chi connectivity index (χ4v) is 3.17. The molecule has 0 aromatic carbocycles. The van der Waals surface area contributed by atoms with Crippen LogP contribution in [0, 0.1) is 10.8 Å². The van der Waals surface area contributed by atoms with E-state index in [0.717, 1.165) is 0 Å². The number of methoxy groups -OCH3 is 1. The third kappa shape index (κ3) is 4.48. The minimum absolute atomic E-state index is 0.0850. The molecule has 24 heavy (non-hydrogen) atoms. The van der Waals surface area contributed by atoms with Crippen LogP contribution in [0.3, 0.4) is 0 Å². The lowest BCUT2D eigenvalue weighted by molar-refractivity contribution is -0.165. The normalized spacial score (nSPS) is 24.5. The molecule has 138 valence electrons. The highest BCUT2D eigenvalue weighted by Gasteiger charge is 2.53. The van der Waals surface area contributed by atoms with Crippen LogP contribution < -0.4 is 0 Å². The van der Waals surface area contributed by atoms with Gasteiger partial charge >= 0.3 is 12.1 Å². The monoisotopic (exact) mass is 343 g/mol. The predicted molar refractivity (Wildman–Crippen MR) is 88.6 cm³/mol. The molecule has 0 bridgehead atoms. The molecule has 7 heteroatoms. The smallest absolute Gasteiger partial charge is 0.410 e. The first kappa shape index (κ1) is 20.4. The van der Waals surface area contributed by atoms with E-state index in [1.807, 2.05) is 20.8 Å². The van der Waals surface area contributed by atoms with Gasteiger partial charge in [0.25, 0.3) is 0 Å². The molecule has 7 nitrogen and oxygen atoms in total. The number of amides is 1. The highest BCUT2D eigenvalue weighted by Crippen LogP contribution is 2.49. The second-order valence-corrected chi connectivity index (χ2v) is 7.08. The summed E-state index contributed by atoms with van der Waals surface area (Å²) in [5.74, 6) is -0.842. The van der Waals surface area contributed by atoms with Gasteiger partial charge in [-0.25, -0.2) is 4.79 Å². The number of piperidine rings is 1. The molecule has 0 spiro atoms. The number of ether oxygens (including phenoxy) is 3. The molecule has 1 fully saturated rings. The van der Waals surface area contributed by atoms with E-state index in [-0.39, 0.29) is 26.0 Å². The number of aliphatic carboxylic acids is 1. The number of carboxylic acids is 1. The van der Waals surface area contributed by atoms with Crippen molar-refractivity contribution >= 4 is 12.1 Å². The van der Waals surface area contributed by atoms with Crippen molar-refractivity contribution in [3.05, 3.63) is 12.7 Å². The number of carboxylic acid groups (broad SMARTS) is 1. The van der Waals surface area contributed by atoms with Crippen molar-refractivity contribution in [1.82, 2.24) is 4.90 Å². The van der Waals surface area contributed by atoms with E-state index in [4.69, 9.17) is 14.2 Å².